The van der Waals surface area contributed by atoms with Crippen molar-refractivity contribution in [1.82, 2.24) is 9.99 Å². The molecular weight excluding hydrogens is 372 g/mol. The molecule has 0 atom stereocenters. The van der Waals surface area contributed by atoms with Gasteiger partial charge in [-0.15, -0.1) is 11.3 Å². The predicted octanol–water partition coefficient (Wildman–Crippen LogP) is 3.96. The normalized spacial score (nSPS) is 11.3. The van der Waals surface area contributed by atoms with Crippen LogP contribution in [0.25, 0.3) is 21.8 Å². The molecule has 0 aliphatic heterocycles. The number of hydrogen-bond acceptors (Lipinski definition) is 4. The Labute approximate surface area is 165 Å². The summed E-state index contributed by atoms with van der Waals surface area (Å²) in [5, 5.41) is 10.5. The first kappa shape index (κ1) is 17.9. The molecule has 7 heteroatoms. The molecule has 0 fully saturated rings. The minimum Gasteiger partial charge on any atom is -0.341 e. The van der Waals surface area contributed by atoms with E-state index in [1.165, 1.54) is 17.6 Å². The molecule has 2 heterocycles. The number of benzene rings is 2. The zero-order valence-corrected chi connectivity index (χ0v) is 16.0. The number of para-hydroxylation sites is 1. The third kappa shape index (κ3) is 3.39. The van der Waals surface area contributed by atoms with E-state index < -0.39 is 11.8 Å². The third-order valence-corrected chi connectivity index (χ3v) is 5.26. The fraction of sp³-hybridized carbons (Fsp3) is 0.0952. The number of rotatable bonds is 4. The minimum absolute atomic E-state index is 0.564. The molecule has 4 aromatic rings. The second-order valence-electron chi connectivity index (χ2n) is 6.16. The highest BCUT2D eigenvalue weighted by Crippen LogP contribution is 2.30. The third-order valence-electron chi connectivity index (χ3n) is 4.45. The molecule has 0 unspecified atom stereocenters. The van der Waals surface area contributed by atoms with E-state index in [1.807, 2.05) is 41.8 Å². The van der Waals surface area contributed by atoms with Crippen LogP contribution in [0.1, 0.15) is 11.8 Å². The standard InChI is InChI=1S/C21H18N4O2S/c1-2-25-18-8-4-3-7-16(18)17-12-14(9-10-19(17)25)23-20(26)21(27)24-22-13-15-6-5-11-28-15/h3-13H,2H2,1H3,(H,23,26)(H,24,27)/b22-13+. The summed E-state index contributed by atoms with van der Waals surface area (Å²) in [4.78, 5) is 25.0. The number of aromatic nitrogens is 1. The van der Waals surface area contributed by atoms with E-state index in [4.69, 9.17) is 0 Å². The average molecular weight is 390 g/mol. The molecule has 2 aromatic heterocycles. The molecule has 140 valence electrons. The van der Waals surface area contributed by atoms with Crippen molar-refractivity contribution in [1.29, 1.82) is 0 Å². The number of amides is 2. The number of thiophene rings is 1. The number of carbonyl (C=O) groups excluding carboxylic acids is 2. The Morgan fingerprint density at radius 1 is 1.04 bits per heavy atom. The van der Waals surface area contributed by atoms with Gasteiger partial charge in [-0.05, 0) is 42.6 Å². The summed E-state index contributed by atoms with van der Waals surface area (Å²) in [5.41, 5.74) is 5.04. The Bertz CT molecular complexity index is 1190. The summed E-state index contributed by atoms with van der Waals surface area (Å²) >= 11 is 1.49. The summed E-state index contributed by atoms with van der Waals surface area (Å²) < 4.78 is 2.22. The Balaban J connectivity index is 1.53. The van der Waals surface area contributed by atoms with E-state index in [2.05, 4.69) is 39.5 Å². The highest BCUT2D eigenvalue weighted by molar-refractivity contribution is 7.11. The molecule has 0 radical (unpaired) electrons. The van der Waals surface area contributed by atoms with Gasteiger partial charge >= 0.3 is 11.8 Å². The monoisotopic (exact) mass is 390 g/mol. The van der Waals surface area contributed by atoms with Gasteiger partial charge in [0, 0.05) is 38.9 Å². The number of anilines is 1. The van der Waals surface area contributed by atoms with Gasteiger partial charge in [-0.3, -0.25) is 9.59 Å². The Morgan fingerprint density at radius 2 is 1.86 bits per heavy atom. The summed E-state index contributed by atoms with van der Waals surface area (Å²) in [6, 6.07) is 17.5. The topological polar surface area (TPSA) is 75.5 Å². The highest BCUT2D eigenvalue weighted by atomic mass is 32.1. The number of carbonyl (C=O) groups is 2. The van der Waals surface area contributed by atoms with Gasteiger partial charge < -0.3 is 9.88 Å². The van der Waals surface area contributed by atoms with Gasteiger partial charge in [-0.25, -0.2) is 5.43 Å². The van der Waals surface area contributed by atoms with Crippen LogP contribution in [0.2, 0.25) is 0 Å². The van der Waals surface area contributed by atoms with E-state index >= 15 is 0 Å². The summed E-state index contributed by atoms with van der Waals surface area (Å²) in [6.07, 6.45) is 1.50. The van der Waals surface area contributed by atoms with Gasteiger partial charge in [-0.2, -0.15) is 5.10 Å². The van der Waals surface area contributed by atoms with Gasteiger partial charge in [0.1, 0.15) is 0 Å². The Kier molecular flexibility index (Phi) is 4.90. The van der Waals surface area contributed by atoms with E-state index in [0.29, 0.717) is 5.69 Å². The van der Waals surface area contributed by atoms with Gasteiger partial charge in [0.05, 0.1) is 6.21 Å². The SMILES string of the molecule is CCn1c2ccccc2c2cc(NC(=O)C(=O)N/N=C/c3cccs3)ccc21. The Morgan fingerprint density at radius 3 is 2.64 bits per heavy atom. The van der Waals surface area contributed by atoms with Crippen LogP contribution >= 0.6 is 11.3 Å². The van der Waals surface area contributed by atoms with Crippen molar-refractivity contribution in [3.63, 3.8) is 0 Å². The van der Waals surface area contributed by atoms with Crippen molar-refractivity contribution in [2.24, 2.45) is 5.10 Å². The first-order valence-electron chi connectivity index (χ1n) is 8.86. The molecule has 2 amide bonds. The largest absolute Gasteiger partial charge is 0.341 e. The van der Waals surface area contributed by atoms with Crippen molar-refractivity contribution < 1.29 is 9.59 Å². The zero-order chi connectivity index (χ0) is 19.5. The lowest BCUT2D eigenvalue weighted by Gasteiger charge is -2.06. The van der Waals surface area contributed by atoms with Gasteiger partial charge in [0.15, 0.2) is 0 Å². The maximum atomic E-state index is 12.2. The summed E-state index contributed by atoms with van der Waals surface area (Å²) in [6.45, 7) is 2.95. The number of nitrogens with one attached hydrogen (secondary N) is 2. The second-order valence-corrected chi connectivity index (χ2v) is 7.14. The van der Waals surface area contributed by atoms with E-state index in [0.717, 1.165) is 33.2 Å². The van der Waals surface area contributed by atoms with E-state index in [9.17, 15) is 9.59 Å². The molecule has 4 rings (SSSR count). The molecule has 0 aliphatic carbocycles. The lowest BCUT2D eigenvalue weighted by Crippen LogP contribution is -2.32. The predicted molar refractivity (Wildman–Crippen MR) is 114 cm³/mol. The first-order valence-corrected chi connectivity index (χ1v) is 9.74. The molecule has 0 saturated heterocycles. The zero-order valence-electron chi connectivity index (χ0n) is 15.2. The van der Waals surface area contributed by atoms with Crippen molar-refractivity contribution >= 4 is 56.9 Å². The number of fused-ring (bicyclic) bond motifs is 3. The molecule has 2 N–H and O–H groups in total. The molecule has 0 spiro atoms. The van der Waals surface area contributed by atoms with Crippen LogP contribution in [0.4, 0.5) is 5.69 Å². The number of hydrazone groups is 1. The van der Waals surface area contributed by atoms with Gasteiger partial charge in [0.2, 0.25) is 0 Å². The van der Waals surface area contributed by atoms with Gasteiger partial charge in [0.25, 0.3) is 0 Å². The minimum atomic E-state index is -0.816. The molecule has 2 aromatic carbocycles. The fourth-order valence-corrected chi connectivity index (χ4v) is 3.81. The summed E-state index contributed by atoms with van der Waals surface area (Å²) in [5.74, 6) is -1.58. The van der Waals surface area contributed by atoms with E-state index in [1.54, 1.807) is 6.07 Å². The molecule has 0 aliphatic rings. The van der Waals surface area contributed by atoms with Crippen LogP contribution < -0.4 is 10.7 Å². The molecular formula is C21H18N4O2S. The second kappa shape index (κ2) is 7.66. The molecule has 0 bridgehead atoms. The van der Waals surface area contributed by atoms with Crippen LogP contribution in [-0.2, 0) is 16.1 Å². The maximum Gasteiger partial charge on any atom is 0.329 e. The van der Waals surface area contributed by atoms with Crippen LogP contribution in [0.15, 0.2) is 65.1 Å². The molecule has 6 nitrogen and oxygen atoms in total. The highest BCUT2D eigenvalue weighted by Gasteiger charge is 2.15. The lowest BCUT2D eigenvalue weighted by molar-refractivity contribution is -0.136. The van der Waals surface area contributed by atoms with Crippen LogP contribution in [0.5, 0.6) is 0 Å². The van der Waals surface area contributed by atoms with E-state index in [-0.39, 0.29) is 0 Å². The lowest BCUT2D eigenvalue weighted by atomic mass is 10.1. The maximum absolute atomic E-state index is 12.2. The smallest absolute Gasteiger partial charge is 0.329 e. The number of nitrogens with zero attached hydrogens (tertiary/aromatic N) is 2. The quantitative estimate of drug-likeness (QED) is 0.314. The van der Waals surface area contributed by atoms with Crippen LogP contribution in [-0.4, -0.2) is 22.6 Å². The first-order chi connectivity index (χ1) is 13.7. The van der Waals surface area contributed by atoms with Crippen LogP contribution in [0.3, 0.4) is 0 Å². The van der Waals surface area contributed by atoms with Crippen molar-refractivity contribution in [2.45, 2.75) is 13.5 Å². The average Bonchev–Trinajstić information content (AvgIpc) is 3.33. The van der Waals surface area contributed by atoms with Crippen molar-refractivity contribution in [2.75, 3.05) is 5.32 Å². The van der Waals surface area contributed by atoms with Crippen molar-refractivity contribution in [3.05, 3.63) is 64.9 Å². The number of hydrogen-bond donors (Lipinski definition) is 2. The van der Waals surface area contributed by atoms with Crippen LogP contribution in [0, 0.1) is 0 Å². The van der Waals surface area contributed by atoms with Gasteiger partial charge in [-0.1, -0.05) is 24.3 Å². The Hall–Kier alpha value is -3.45. The molecule has 28 heavy (non-hydrogen) atoms. The molecule has 0 saturated carbocycles. The summed E-state index contributed by atoms with van der Waals surface area (Å²) in [7, 11) is 0. The number of aryl methyl sites for hydroxylation is 1. The van der Waals surface area contributed by atoms with Crippen molar-refractivity contribution in [3.8, 4) is 0 Å². The fourth-order valence-electron chi connectivity index (χ4n) is 3.23.